The minimum atomic E-state index is -0.280. The average Bonchev–Trinajstić information content (AvgIpc) is 2.26. The third kappa shape index (κ3) is 1.63. The van der Waals surface area contributed by atoms with Gasteiger partial charge in [0.15, 0.2) is 0 Å². The van der Waals surface area contributed by atoms with Gasteiger partial charge in [-0.15, -0.1) is 0 Å². The van der Waals surface area contributed by atoms with Crippen LogP contribution in [0.15, 0.2) is 24.3 Å². The zero-order valence-electron chi connectivity index (χ0n) is 8.28. The monoisotopic (exact) mass is 205 g/mol. The molecule has 2 N–H and O–H groups in total. The van der Waals surface area contributed by atoms with Gasteiger partial charge in [-0.05, 0) is 12.1 Å². The standard InChI is InChI=1S/C10H11N3O2/c1-11-10(15)13-6-9(14)12-7-4-2-3-5-8(7)13/h2-5H,6H2,1H3,(H,11,15)(H,12,14). The molecule has 0 fully saturated rings. The van der Waals surface area contributed by atoms with Crippen molar-refractivity contribution in [2.45, 2.75) is 0 Å². The van der Waals surface area contributed by atoms with E-state index in [0.29, 0.717) is 5.69 Å². The number of fused-ring (bicyclic) bond motifs is 1. The van der Waals surface area contributed by atoms with E-state index in [2.05, 4.69) is 10.6 Å². The van der Waals surface area contributed by atoms with Gasteiger partial charge < -0.3 is 10.6 Å². The fourth-order valence-electron chi connectivity index (χ4n) is 1.55. The fourth-order valence-corrected chi connectivity index (χ4v) is 1.55. The van der Waals surface area contributed by atoms with E-state index in [1.807, 2.05) is 12.1 Å². The Morgan fingerprint density at radius 3 is 2.93 bits per heavy atom. The van der Waals surface area contributed by atoms with Gasteiger partial charge in [0.1, 0.15) is 6.54 Å². The van der Waals surface area contributed by atoms with Crippen molar-refractivity contribution < 1.29 is 9.59 Å². The van der Waals surface area contributed by atoms with E-state index in [1.165, 1.54) is 11.9 Å². The molecule has 0 saturated carbocycles. The van der Waals surface area contributed by atoms with Gasteiger partial charge in [-0.3, -0.25) is 9.69 Å². The third-order valence-corrected chi connectivity index (χ3v) is 2.23. The number of carbonyl (C=O) groups excluding carboxylic acids is 2. The maximum Gasteiger partial charge on any atom is 0.322 e. The molecule has 1 aliphatic rings. The number of para-hydroxylation sites is 2. The second-order valence-corrected chi connectivity index (χ2v) is 3.21. The highest BCUT2D eigenvalue weighted by molar-refractivity contribution is 6.09. The number of carbonyl (C=O) groups is 2. The van der Waals surface area contributed by atoms with Crippen molar-refractivity contribution in [1.82, 2.24) is 5.32 Å². The summed E-state index contributed by atoms with van der Waals surface area (Å²) in [7, 11) is 1.54. The lowest BCUT2D eigenvalue weighted by Gasteiger charge is -2.28. The summed E-state index contributed by atoms with van der Waals surface area (Å²) in [6.45, 7) is 0.0523. The van der Waals surface area contributed by atoms with Gasteiger partial charge in [-0.2, -0.15) is 0 Å². The predicted octanol–water partition coefficient (Wildman–Crippen LogP) is 0.784. The summed E-state index contributed by atoms with van der Waals surface area (Å²) in [6, 6.07) is 6.92. The Hall–Kier alpha value is -2.04. The second-order valence-electron chi connectivity index (χ2n) is 3.21. The molecule has 1 aromatic rings. The van der Waals surface area contributed by atoms with Crippen molar-refractivity contribution in [3.05, 3.63) is 24.3 Å². The summed E-state index contributed by atoms with van der Waals surface area (Å²) >= 11 is 0. The quantitative estimate of drug-likeness (QED) is 0.657. The number of amides is 3. The molecule has 0 unspecified atom stereocenters. The molecule has 0 saturated heterocycles. The summed E-state index contributed by atoms with van der Waals surface area (Å²) in [4.78, 5) is 24.2. The van der Waals surface area contributed by atoms with Gasteiger partial charge >= 0.3 is 6.03 Å². The lowest BCUT2D eigenvalue weighted by Crippen LogP contribution is -2.46. The van der Waals surface area contributed by atoms with Gasteiger partial charge in [0.05, 0.1) is 11.4 Å². The smallest absolute Gasteiger partial charge is 0.322 e. The first-order valence-electron chi connectivity index (χ1n) is 4.60. The summed E-state index contributed by atoms with van der Waals surface area (Å²) in [5.41, 5.74) is 1.38. The Morgan fingerprint density at radius 2 is 2.20 bits per heavy atom. The van der Waals surface area contributed by atoms with Crippen LogP contribution in [-0.2, 0) is 4.79 Å². The van der Waals surface area contributed by atoms with E-state index < -0.39 is 0 Å². The number of hydrogen-bond donors (Lipinski definition) is 2. The largest absolute Gasteiger partial charge is 0.341 e. The SMILES string of the molecule is CNC(=O)N1CC(=O)Nc2ccccc21. The maximum atomic E-state index is 11.5. The van der Waals surface area contributed by atoms with Crippen molar-refractivity contribution in [3.8, 4) is 0 Å². The Balaban J connectivity index is 2.42. The molecule has 2 rings (SSSR count). The van der Waals surface area contributed by atoms with Crippen LogP contribution in [0.2, 0.25) is 0 Å². The van der Waals surface area contributed by atoms with E-state index >= 15 is 0 Å². The van der Waals surface area contributed by atoms with Gasteiger partial charge in [0.25, 0.3) is 0 Å². The van der Waals surface area contributed by atoms with Gasteiger partial charge in [0, 0.05) is 7.05 Å². The Bertz CT molecular complexity index is 417. The zero-order valence-corrected chi connectivity index (χ0v) is 8.28. The van der Waals surface area contributed by atoms with Crippen molar-refractivity contribution in [2.75, 3.05) is 23.8 Å². The van der Waals surface area contributed by atoms with Crippen LogP contribution in [0, 0.1) is 0 Å². The number of rotatable bonds is 0. The first-order chi connectivity index (χ1) is 7.22. The normalized spacial score (nSPS) is 14.2. The van der Waals surface area contributed by atoms with E-state index in [-0.39, 0.29) is 18.5 Å². The maximum absolute atomic E-state index is 11.5. The highest BCUT2D eigenvalue weighted by Crippen LogP contribution is 2.28. The number of anilines is 2. The Kier molecular flexibility index (Phi) is 2.29. The lowest BCUT2D eigenvalue weighted by atomic mass is 10.2. The molecule has 3 amide bonds. The van der Waals surface area contributed by atoms with Crippen molar-refractivity contribution in [1.29, 1.82) is 0 Å². The molecule has 0 aliphatic carbocycles. The van der Waals surface area contributed by atoms with Crippen molar-refractivity contribution >= 4 is 23.3 Å². The van der Waals surface area contributed by atoms with Crippen LogP contribution < -0.4 is 15.5 Å². The van der Waals surface area contributed by atoms with Crippen LogP contribution in [0.25, 0.3) is 0 Å². The minimum absolute atomic E-state index is 0.0523. The van der Waals surface area contributed by atoms with Crippen molar-refractivity contribution in [3.63, 3.8) is 0 Å². The number of urea groups is 1. The highest BCUT2D eigenvalue weighted by atomic mass is 16.2. The van der Waals surface area contributed by atoms with Crippen LogP contribution in [0.1, 0.15) is 0 Å². The molecule has 0 radical (unpaired) electrons. The molecule has 0 spiro atoms. The lowest BCUT2D eigenvalue weighted by molar-refractivity contribution is -0.115. The number of hydrogen-bond acceptors (Lipinski definition) is 2. The molecule has 5 nitrogen and oxygen atoms in total. The molecule has 1 aliphatic heterocycles. The molecule has 1 heterocycles. The van der Waals surface area contributed by atoms with Gasteiger partial charge in [-0.1, -0.05) is 12.1 Å². The van der Waals surface area contributed by atoms with E-state index in [1.54, 1.807) is 12.1 Å². The number of nitrogens with zero attached hydrogens (tertiary/aromatic N) is 1. The molecular formula is C10H11N3O2. The molecule has 0 atom stereocenters. The van der Waals surface area contributed by atoms with E-state index in [9.17, 15) is 9.59 Å². The van der Waals surface area contributed by atoms with E-state index in [4.69, 9.17) is 0 Å². The highest BCUT2D eigenvalue weighted by Gasteiger charge is 2.25. The Labute approximate surface area is 87.1 Å². The Morgan fingerprint density at radius 1 is 1.47 bits per heavy atom. The summed E-state index contributed by atoms with van der Waals surface area (Å²) in [5.74, 6) is -0.183. The zero-order chi connectivity index (χ0) is 10.8. The van der Waals surface area contributed by atoms with Crippen LogP contribution >= 0.6 is 0 Å². The minimum Gasteiger partial charge on any atom is -0.341 e. The van der Waals surface area contributed by atoms with Crippen molar-refractivity contribution in [2.24, 2.45) is 0 Å². The van der Waals surface area contributed by atoms with Gasteiger partial charge in [-0.25, -0.2) is 4.79 Å². The summed E-state index contributed by atoms with van der Waals surface area (Å²) < 4.78 is 0. The van der Waals surface area contributed by atoms with Crippen LogP contribution in [0.4, 0.5) is 16.2 Å². The van der Waals surface area contributed by atoms with Crippen LogP contribution in [-0.4, -0.2) is 25.5 Å². The molecule has 1 aromatic carbocycles. The van der Waals surface area contributed by atoms with E-state index in [0.717, 1.165) is 5.69 Å². The molecule has 78 valence electrons. The predicted molar refractivity (Wildman–Crippen MR) is 56.9 cm³/mol. The number of benzene rings is 1. The average molecular weight is 205 g/mol. The topological polar surface area (TPSA) is 61.4 Å². The molecule has 5 heteroatoms. The molecule has 15 heavy (non-hydrogen) atoms. The van der Waals surface area contributed by atoms with Crippen LogP contribution in [0.5, 0.6) is 0 Å². The molecular weight excluding hydrogens is 194 g/mol. The third-order valence-electron chi connectivity index (χ3n) is 2.23. The number of nitrogens with one attached hydrogen (secondary N) is 2. The van der Waals surface area contributed by atoms with Crippen LogP contribution in [0.3, 0.4) is 0 Å². The first kappa shape index (κ1) is 9.51. The second kappa shape index (κ2) is 3.61. The summed E-state index contributed by atoms with van der Waals surface area (Å²) in [6.07, 6.45) is 0. The fraction of sp³-hybridized carbons (Fsp3) is 0.200. The summed E-state index contributed by atoms with van der Waals surface area (Å²) in [5, 5.41) is 5.21. The molecule has 0 bridgehead atoms. The van der Waals surface area contributed by atoms with Gasteiger partial charge in [0.2, 0.25) is 5.91 Å². The first-order valence-corrected chi connectivity index (χ1v) is 4.60. The molecule has 0 aromatic heterocycles.